The van der Waals surface area contributed by atoms with E-state index >= 15 is 0 Å². The number of benzene rings is 1. The van der Waals surface area contributed by atoms with Gasteiger partial charge in [0.05, 0.1) is 12.5 Å². The molecule has 1 unspecified atom stereocenters. The average molecular weight is 251 g/mol. The summed E-state index contributed by atoms with van der Waals surface area (Å²) in [6.45, 7) is 1.24. The van der Waals surface area contributed by atoms with Crippen LogP contribution in [0.5, 0.6) is 0 Å². The summed E-state index contributed by atoms with van der Waals surface area (Å²) in [5, 5.41) is 20.3. The molecule has 0 aromatic heterocycles. The number of hydrogen-bond acceptors (Lipinski definition) is 3. The second-order valence-electron chi connectivity index (χ2n) is 4.17. The standard InChI is InChI=1S/C13H17NO4/c1-9(8-15)12(16)14-11(13(17)18)7-10-5-3-2-4-6-10/h2-6,9,11,15H,7-8H2,1H3,(H,14,16)(H,17,18)/t9?,11-/m0/s1. The minimum Gasteiger partial charge on any atom is -0.480 e. The highest BCUT2D eigenvalue weighted by Gasteiger charge is 2.22. The van der Waals surface area contributed by atoms with Crippen LogP contribution in [0.15, 0.2) is 30.3 Å². The van der Waals surface area contributed by atoms with E-state index in [4.69, 9.17) is 10.2 Å². The summed E-state index contributed by atoms with van der Waals surface area (Å²) in [5.41, 5.74) is 0.835. The minimum atomic E-state index is -1.09. The van der Waals surface area contributed by atoms with Crippen LogP contribution in [-0.4, -0.2) is 34.7 Å². The minimum absolute atomic E-state index is 0.222. The van der Waals surface area contributed by atoms with E-state index in [2.05, 4.69) is 5.32 Å². The Morgan fingerprint density at radius 3 is 2.39 bits per heavy atom. The largest absolute Gasteiger partial charge is 0.480 e. The van der Waals surface area contributed by atoms with Crippen LogP contribution in [0, 0.1) is 5.92 Å². The molecule has 0 aliphatic rings. The lowest BCUT2D eigenvalue weighted by Gasteiger charge is -2.16. The third kappa shape index (κ3) is 4.18. The van der Waals surface area contributed by atoms with Gasteiger partial charge in [-0.25, -0.2) is 4.79 Å². The van der Waals surface area contributed by atoms with Gasteiger partial charge in [0.2, 0.25) is 5.91 Å². The number of carbonyl (C=O) groups is 2. The van der Waals surface area contributed by atoms with Crippen LogP contribution in [0.25, 0.3) is 0 Å². The van der Waals surface area contributed by atoms with E-state index in [1.807, 2.05) is 18.2 Å². The van der Waals surface area contributed by atoms with E-state index in [-0.39, 0.29) is 13.0 Å². The van der Waals surface area contributed by atoms with Gasteiger partial charge in [0.15, 0.2) is 0 Å². The van der Waals surface area contributed by atoms with Crippen molar-refractivity contribution in [3.05, 3.63) is 35.9 Å². The lowest BCUT2D eigenvalue weighted by Crippen LogP contribution is -2.45. The third-order valence-electron chi connectivity index (χ3n) is 2.62. The van der Waals surface area contributed by atoms with Crippen molar-refractivity contribution in [3.63, 3.8) is 0 Å². The molecule has 5 nitrogen and oxygen atoms in total. The molecule has 0 heterocycles. The molecule has 0 saturated carbocycles. The Hall–Kier alpha value is -1.88. The number of aliphatic hydroxyl groups excluding tert-OH is 1. The zero-order valence-corrected chi connectivity index (χ0v) is 10.2. The highest BCUT2D eigenvalue weighted by atomic mass is 16.4. The number of rotatable bonds is 6. The van der Waals surface area contributed by atoms with Gasteiger partial charge in [-0.2, -0.15) is 0 Å². The lowest BCUT2D eigenvalue weighted by atomic mass is 10.0. The van der Waals surface area contributed by atoms with Crippen molar-refractivity contribution < 1.29 is 19.8 Å². The van der Waals surface area contributed by atoms with Crippen molar-refractivity contribution in [2.75, 3.05) is 6.61 Å². The van der Waals surface area contributed by atoms with Gasteiger partial charge in [0.25, 0.3) is 0 Å². The second kappa shape index (κ2) is 6.76. The molecule has 1 aromatic rings. The number of aliphatic carboxylic acids is 1. The number of nitrogens with one attached hydrogen (secondary N) is 1. The third-order valence-corrected chi connectivity index (χ3v) is 2.62. The highest BCUT2D eigenvalue weighted by molar-refractivity contribution is 5.85. The van der Waals surface area contributed by atoms with Crippen molar-refractivity contribution in [2.24, 2.45) is 5.92 Å². The van der Waals surface area contributed by atoms with E-state index in [9.17, 15) is 9.59 Å². The molecule has 0 saturated heterocycles. The summed E-state index contributed by atoms with van der Waals surface area (Å²) in [6.07, 6.45) is 0.222. The van der Waals surface area contributed by atoms with E-state index in [0.717, 1.165) is 5.56 Å². The first kappa shape index (κ1) is 14.2. The molecule has 0 aliphatic carbocycles. The van der Waals surface area contributed by atoms with Crippen LogP contribution >= 0.6 is 0 Å². The van der Waals surface area contributed by atoms with E-state index < -0.39 is 23.8 Å². The predicted molar refractivity (Wildman–Crippen MR) is 66.0 cm³/mol. The van der Waals surface area contributed by atoms with Crippen molar-refractivity contribution >= 4 is 11.9 Å². The van der Waals surface area contributed by atoms with E-state index in [1.54, 1.807) is 12.1 Å². The van der Waals surface area contributed by atoms with Crippen LogP contribution in [0.1, 0.15) is 12.5 Å². The predicted octanol–water partition coefficient (Wildman–Crippen LogP) is 0.427. The van der Waals surface area contributed by atoms with E-state index in [1.165, 1.54) is 6.92 Å². The SMILES string of the molecule is CC(CO)C(=O)N[C@@H](Cc1ccccc1)C(=O)O. The normalized spacial score (nSPS) is 13.7. The molecule has 1 rings (SSSR count). The fourth-order valence-electron chi connectivity index (χ4n) is 1.45. The van der Waals surface area contributed by atoms with Crippen LogP contribution in [0.2, 0.25) is 0 Å². The summed E-state index contributed by atoms with van der Waals surface area (Å²) >= 11 is 0. The van der Waals surface area contributed by atoms with Crippen LogP contribution < -0.4 is 5.32 Å². The molecular formula is C13H17NO4. The summed E-state index contributed by atoms with van der Waals surface area (Å²) in [6, 6.07) is 8.09. The molecule has 1 aromatic carbocycles. The Labute approximate surface area is 105 Å². The smallest absolute Gasteiger partial charge is 0.326 e. The number of carboxylic acid groups (broad SMARTS) is 1. The maximum absolute atomic E-state index is 11.5. The van der Waals surface area contributed by atoms with Crippen LogP contribution in [0.3, 0.4) is 0 Å². The van der Waals surface area contributed by atoms with Gasteiger partial charge >= 0.3 is 5.97 Å². The Balaban J connectivity index is 2.67. The van der Waals surface area contributed by atoms with Crippen molar-refractivity contribution in [1.82, 2.24) is 5.32 Å². The molecule has 0 bridgehead atoms. The average Bonchev–Trinajstić information content (AvgIpc) is 2.37. The highest BCUT2D eigenvalue weighted by Crippen LogP contribution is 2.04. The fourth-order valence-corrected chi connectivity index (χ4v) is 1.45. The summed E-state index contributed by atoms with van der Waals surface area (Å²) < 4.78 is 0. The van der Waals surface area contributed by atoms with Crippen molar-refractivity contribution in [1.29, 1.82) is 0 Å². The molecule has 1 amide bonds. The first-order valence-electron chi connectivity index (χ1n) is 5.72. The van der Waals surface area contributed by atoms with Crippen LogP contribution in [0.4, 0.5) is 0 Å². The van der Waals surface area contributed by atoms with Crippen LogP contribution in [-0.2, 0) is 16.0 Å². The molecule has 3 N–H and O–H groups in total. The maximum atomic E-state index is 11.5. The van der Waals surface area contributed by atoms with Gasteiger partial charge in [-0.15, -0.1) is 0 Å². The molecule has 0 radical (unpaired) electrons. The number of carbonyl (C=O) groups excluding carboxylic acids is 1. The molecule has 0 spiro atoms. The molecule has 5 heteroatoms. The summed E-state index contributed by atoms with van der Waals surface area (Å²) in [5.74, 6) is -2.15. The maximum Gasteiger partial charge on any atom is 0.326 e. The monoisotopic (exact) mass is 251 g/mol. The van der Waals surface area contributed by atoms with Gasteiger partial charge in [0.1, 0.15) is 6.04 Å². The number of amides is 1. The van der Waals surface area contributed by atoms with Crippen molar-refractivity contribution in [2.45, 2.75) is 19.4 Å². The number of aliphatic hydroxyl groups is 1. The molecule has 18 heavy (non-hydrogen) atoms. The Kier molecular flexibility index (Phi) is 5.32. The summed E-state index contributed by atoms with van der Waals surface area (Å²) in [7, 11) is 0. The van der Waals surface area contributed by atoms with Gasteiger partial charge in [-0.3, -0.25) is 4.79 Å². The Bertz CT molecular complexity index is 405. The zero-order chi connectivity index (χ0) is 13.5. The quantitative estimate of drug-likeness (QED) is 0.684. The van der Waals surface area contributed by atoms with Gasteiger partial charge < -0.3 is 15.5 Å². The zero-order valence-electron chi connectivity index (χ0n) is 10.2. The summed E-state index contributed by atoms with van der Waals surface area (Å²) in [4.78, 5) is 22.6. The molecular weight excluding hydrogens is 234 g/mol. The molecule has 98 valence electrons. The molecule has 0 aliphatic heterocycles. The fraction of sp³-hybridized carbons (Fsp3) is 0.385. The van der Waals surface area contributed by atoms with Gasteiger partial charge in [0, 0.05) is 6.42 Å². The van der Waals surface area contributed by atoms with Crippen molar-refractivity contribution in [3.8, 4) is 0 Å². The number of hydrogen-bond donors (Lipinski definition) is 3. The molecule has 2 atom stereocenters. The van der Waals surface area contributed by atoms with Gasteiger partial charge in [-0.1, -0.05) is 37.3 Å². The Morgan fingerprint density at radius 2 is 1.89 bits per heavy atom. The topological polar surface area (TPSA) is 86.6 Å². The van der Waals surface area contributed by atoms with Gasteiger partial charge in [-0.05, 0) is 5.56 Å². The number of carboxylic acids is 1. The second-order valence-corrected chi connectivity index (χ2v) is 4.17. The first-order chi connectivity index (χ1) is 8.54. The lowest BCUT2D eigenvalue weighted by molar-refractivity contribution is -0.142. The van der Waals surface area contributed by atoms with E-state index in [0.29, 0.717) is 0 Å². The Morgan fingerprint density at radius 1 is 1.28 bits per heavy atom. The molecule has 0 fully saturated rings. The first-order valence-corrected chi connectivity index (χ1v) is 5.72.